The van der Waals surface area contributed by atoms with Crippen molar-refractivity contribution >= 4 is 17.5 Å². The van der Waals surface area contributed by atoms with Crippen LogP contribution in [0.3, 0.4) is 0 Å². The molecule has 1 aliphatic carbocycles. The van der Waals surface area contributed by atoms with Crippen molar-refractivity contribution in [3.05, 3.63) is 70.2 Å². The van der Waals surface area contributed by atoms with Gasteiger partial charge in [-0.25, -0.2) is 0 Å². The third-order valence-electron chi connectivity index (χ3n) is 6.59. The maximum Gasteiger partial charge on any atom is 0.251 e. The summed E-state index contributed by atoms with van der Waals surface area (Å²) in [6.07, 6.45) is 5.50. The van der Waals surface area contributed by atoms with E-state index in [1.807, 2.05) is 30.3 Å². The molecule has 1 saturated heterocycles. The van der Waals surface area contributed by atoms with Gasteiger partial charge in [-0.2, -0.15) is 0 Å². The number of nitrogens with one attached hydrogen (secondary N) is 3. The largest absolute Gasteiger partial charge is 0.349 e. The van der Waals surface area contributed by atoms with E-state index >= 15 is 0 Å². The van der Waals surface area contributed by atoms with E-state index in [0.29, 0.717) is 18.0 Å². The molecule has 1 amide bonds. The van der Waals surface area contributed by atoms with E-state index in [2.05, 4.69) is 41.1 Å². The summed E-state index contributed by atoms with van der Waals surface area (Å²) in [6, 6.07) is 17.4. The third kappa shape index (κ3) is 5.42. The van der Waals surface area contributed by atoms with Crippen molar-refractivity contribution in [1.82, 2.24) is 16.0 Å². The zero-order valence-electron chi connectivity index (χ0n) is 17.7. The Labute approximate surface area is 184 Å². The number of carbonyl (C=O) groups is 1. The highest BCUT2D eigenvalue weighted by Crippen LogP contribution is 2.35. The molecular formula is C25H32ClN3O. The van der Waals surface area contributed by atoms with Gasteiger partial charge in [0.05, 0.1) is 0 Å². The molecule has 1 heterocycles. The number of hydrogen-bond donors (Lipinski definition) is 3. The van der Waals surface area contributed by atoms with Crippen molar-refractivity contribution in [3.63, 3.8) is 0 Å². The van der Waals surface area contributed by atoms with E-state index in [9.17, 15) is 4.79 Å². The van der Waals surface area contributed by atoms with Crippen LogP contribution >= 0.6 is 11.6 Å². The van der Waals surface area contributed by atoms with Gasteiger partial charge in [0.25, 0.3) is 5.91 Å². The number of halogens is 1. The van der Waals surface area contributed by atoms with Gasteiger partial charge < -0.3 is 16.0 Å². The van der Waals surface area contributed by atoms with Gasteiger partial charge >= 0.3 is 0 Å². The van der Waals surface area contributed by atoms with Gasteiger partial charge in [0.1, 0.15) is 0 Å². The normalized spacial score (nSPS) is 23.3. The standard InChI is InChI=1S/C25H32ClN3O/c1-17(20-3-2-4-22(26)15-20)28-24-10-9-21(16-24)18-5-7-19(8-6-18)25(30)29-23-11-13-27-14-12-23/h2-8,15,17,21,23-24,27-28H,9-14,16H2,1H3,(H,29,30). The lowest BCUT2D eigenvalue weighted by molar-refractivity contribution is 0.0929. The Hall–Kier alpha value is -1.88. The average Bonchev–Trinajstić information content (AvgIpc) is 3.23. The first-order valence-corrected chi connectivity index (χ1v) is 11.6. The molecule has 0 spiro atoms. The van der Waals surface area contributed by atoms with Gasteiger partial charge in [0, 0.05) is 28.7 Å². The lowest BCUT2D eigenvalue weighted by Crippen LogP contribution is -2.42. The Morgan fingerprint density at radius 1 is 1.03 bits per heavy atom. The molecule has 30 heavy (non-hydrogen) atoms. The van der Waals surface area contributed by atoms with E-state index in [1.165, 1.54) is 24.0 Å². The molecule has 4 rings (SSSR count). The molecule has 0 bridgehead atoms. The smallest absolute Gasteiger partial charge is 0.251 e. The Morgan fingerprint density at radius 3 is 2.53 bits per heavy atom. The van der Waals surface area contributed by atoms with Crippen LogP contribution in [0.2, 0.25) is 5.02 Å². The van der Waals surface area contributed by atoms with Crippen LogP contribution in [0.15, 0.2) is 48.5 Å². The van der Waals surface area contributed by atoms with Crippen LogP contribution in [0, 0.1) is 0 Å². The predicted octanol–water partition coefficient (Wildman–Crippen LogP) is 4.81. The molecule has 4 nitrogen and oxygen atoms in total. The lowest BCUT2D eigenvalue weighted by atomic mass is 9.96. The van der Waals surface area contributed by atoms with Crippen LogP contribution in [0.1, 0.15) is 72.5 Å². The molecule has 1 saturated carbocycles. The lowest BCUT2D eigenvalue weighted by Gasteiger charge is -2.23. The van der Waals surface area contributed by atoms with Crippen LogP contribution in [0.25, 0.3) is 0 Å². The van der Waals surface area contributed by atoms with Crippen LogP contribution in [0.5, 0.6) is 0 Å². The predicted molar refractivity (Wildman–Crippen MR) is 123 cm³/mol. The van der Waals surface area contributed by atoms with Gasteiger partial charge in [-0.3, -0.25) is 4.79 Å². The summed E-state index contributed by atoms with van der Waals surface area (Å²) in [6.45, 7) is 4.17. The Morgan fingerprint density at radius 2 is 1.80 bits per heavy atom. The van der Waals surface area contributed by atoms with Crippen molar-refractivity contribution < 1.29 is 4.79 Å². The molecule has 3 atom stereocenters. The fourth-order valence-electron chi connectivity index (χ4n) is 4.80. The SMILES string of the molecule is CC(NC1CCC(c2ccc(C(=O)NC3CCNCC3)cc2)C1)c1cccc(Cl)c1. The minimum atomic E-state index is 0.0507. The Balaban J connectivity index is 1.30. The zero-order valence-corrected chi connectivity index (χ0v) is 18.4. The fraction of sp³-hybridized carbons (Fsp3) is 0.480. The molecule has 0 aromatic heterocycles. The van der Waals surface area contributed by atoms with E-state index < -0.39 is 0 Å². The summed E-state index contributed by atoms with van der Waals surface area (Å²) >= 11 is 6.14. The third-order valence-corrected chi connectivity index (χ3v) is 6.82. The van der Waals surface area contributed by atoms with Gasteiger partial charge in [-0.15, -0.1) is 0 Å². The van der Waals surface area contributed by atoms with Crippen LogP contribution < -0.4 is 16.0 Å². The van der Waals surface area contributed by atoms with Crippen LogP contribution in [0.4, 0.5) is 0 Å². The van der Waals surface area contributed by atoms with Crippen molar-refractivity contribution in [2.24, 2.45) is 0 Å². The monoisotopic (exact) mass is 425 g/mol. The first-order valence-electron chi connectivity index (χ1n) is 11.2. The molecule has 1 aliphatic heterocycles. The Kier molecular flexibility index (Phi) is 7.08. The van der Waals surface area contributed by atoms with Crippen molar-refractivity contribution in [3.8, 4) is 0 Å². The summed E-state index contributed by atoms with van der Waals surface area (Å²) in [5.74, 6) is 0.602. The molecular weight excluding hydrogens is 394 g/mol. The highest BCUT2D eigenvalue weighted by molar-refractivity contribution is 6.30. The number of rotatable bonds is 6. The first-order chi connectivity index (χ1) is 14.6. The van der Waals surface area contributed by atoms with E-state index in [4.69, 9.17) is 11.6 Å². The molecule has 2 fully saturated rings. The molecule has 5 heteroatoms. The van der Waals surface area contributed by atoms with Crippen LogP contribution in [-0.2, 0) is 0 Å². The van der Waals surface area contributed by atoms with Gasteiger partial charge in [-0.05, 0) is 93.4 Å². The molecule has 3 unspecified atom stereocenters. The Bertz CT molecular complexity index is 848. The van der Waals surface area contributed by atoms with Gasteiger partial charge in [0.15, 0.2) is 0 Å². The second kappa shape index (κ2) is 9.95. The number of benzene rings is 2. The summed E-state index contributed by atoms with van der Waals surface area (Å²) in [7, 11) is 0. The molecule has 2 aromatic carbocycles. The second-order valence-corrected chi connectivity index (χ2v) is 9.21. The van der Waals surface area contributed by atoms with Crippen molar-refractivity contribution in [2.45, 2.75) is 63.1 Å². The maximum atomic E-state index is 12.5. The first kappa shape index (κ1) is 21.4. The average molecular weight is 426 g/mol. The van der Waals surface area contributed by atoms with E-state index in [-0.39, 0.29) is 11.9 Å². The summed E-state index contributed by atoms with van der Waals surface area (Å²) in [4.78, 5) is 12.5. The van der Waals surface area contributed by atoms with Gasteiger partial charge in [0.2, 0.25) is 0 Å². The van der Waals surface area contributed by atoms with E-state index in [0.717, 1.165) is 42.9 Å². The molecule has 0 radical (unpaired) electrons. The van der Waals surface area contributed by atoms with E-state index in [1.54, 1.807) is 0 Å². The topological polar surface area (TPSA) is 53.2 Å². The quantitative estimate of drug-likeness (QED) is 0.622. The minimum Gasteiger partial charge on any atom is -0.349 e. The number of hydrogen-bond acceptors (Lipinski definition) is 3. The van der Waals surface area contributed by atoms with Crippen LogP contribution in [-0.4, -0.2) is 31.1 Å². The maximum absolute atomic E-state index is 12.5. The minimum absolute atomic E-state index is 0.0507. The fourth-order valence-corrected chi connectivity index (χ4v) is 5.00. The number of piperidine rings is 1. The molecule has 3 N–H and O–H groups in total. The second-order valence-electron chi connectivity index (χ2n) is 8.77. The highest BCUT2D eigenvalue weighted by Gasteiger charge is 2.27. The summed E-state index contributed by atoms with van der Waals surface area (Å²) < 4.78 is 0. The van der Waals surface area contributed by atoms with Crippen molar-refractivity contribution in [1.29, 1.82) is 0 Å². The molecule has 2 aliphatic rings. The summed E-state index contributed by atoms with van der Waals surface area (Å²) in [5, 5.41) is 11.1. The summed E-state index contributed by atoms with van der Waals surface area (Å²) in [5.41, 5.74) is 3.34. The van der Waals surface area contributed by atoms with Gasteiger partial charge in [-0.1, -0.05) is 35.9 Å². The number of amides is 1. The number of carbonyl (C=O) groups excluding carboxylic acids is 1. The molecule has 160 valence electrons. The van der Waals surface area contributed by atoms with Crippen molar-refractivity contribution in [2.75, 3.05) is 13.1 Å². The zero-order chi connectivity index (χ0) is 20.9. The molecule has 2 aromatic rings. The highest BCUT2D eigenvalue weighted by atomic mass is 35.5.